The highest BCUT2D eigenvalue weighted by atomic mass is 35.5. The molecule has 0 spiro atoms. The monoisotopic (exact) mass is 268 g/mol. The summed E-state index contributed by atoms with van der Waals surface area (Å²) >= 11 is 5.63. The fourth-order valence-corrected chi connectivity index (χ4v) is 1.45. The van der Waals surface area contributed by atoms with E-state index in [0.29, 0.717) is 11.5 Å². The predicted octanol–water partition coefficient (Wildman–Crippen LogP) is -0.686. The van der Waals surface area contributed by atoms with Crippen molar-refractivity contribution in [3.05, 3.63) is 50.1 Å². The SMILES string of the molecule is NNc1cnc(Cn2cc(Cl)c(=O)[nH]c2=O)cn1. The highest BCUT2D eigenvalue weighted by molar-refractivity contribution is 6.30. The van der Waals surface area contributed by atoms with Crippen LogP contribution >= 0.6 is 11.6 Å². The first kappa shape index (κ1) is 12.3. The smallest absolute Gasteiger partial charge is 0.307 e. The second-order valence-corrected chi connectivity index (χ2v) is 3.81. The number of hydrazine groups is 1. The Morgan fingerprint density at radius 3 is 2.78 bits per heavy atom. The van der Waals surface area contributed by atoms with Gasteiger partial charge in [-0.1, -0.05) is 11.6 Å². The van der Waals surface area contributed by atoms with Gasteiger partial charge in [0.15, 0.2) is 5.82 Å². The van der Waals surface area contributed by atoms with Crippen molar-refractivity contribution >= 4 is 17.4 Å². The minimum absolute atomic E-state index is 0.0668. The maximum Gasteiger partial charge on any atom is 0.328 e. The molecule has 0 aliphatic rings. The Morgan fingerprint density at radius 1 is 1.39 bits per heavy atom. The number of nitrogens with one attached hydrogen (secondary N) is 2. The third-order valence-corrected chi connectivity index (χ3v) is 2.42. The quantitative estimate of drug-likeness (QED) is 0.501. The van der Waals surface area contributed by atoms with E-state index in [2.05, 4.69) is 20.4 Å². The number of halogens is 1. The van der Waals surface area contributed by atoms with E-state index >= 15 is 0 Å². The van der Waals surface area contributed by atoms with E-state index in [4.69, 9.17) is 17.4 Å². The maximum absolute atomic E-state index is 11.5. The molecule has 0 radical (unpaired) electrons. The van der Waals surface area contributed by atoms with Crippen LogP contribution < -0.4 is 22.5 Å². The molecule has 18 heavy (non-hydrogen) atoms. The second kappa shape index (κ2) is 4.98. The summed E-state index contributed by atoms with van der Waals surface area (Å²) in [5.74, 6) is 5.56. The molecule has 0 fully saturated rings. The molecule has 0 saturated heterocycles. The molecule has 0 bridgehead atoms. The van der Waals surface area contributed by atoms with Gasteiger partial charge in [0.05, 0.1) is 24.6 Å². The lowest BCUT2D eigenvalue weighted by Gasteiger charge is -2.05. The topological polar surface area (TPSA) is 119 Å². The average Bonchev–Trinajstić information content (AvgIpc) is 2.37. The lowest BCUT2D eigenvalue weighted by atomic mass is 10.4. The summed E-state index contributed by atoms with van der Waals surface area (Å²) in [5, 5.41) is -0.0668. The summed E-state index contributed by atoms with van der Waals surface area (Å²) in [6.07, 6.45) is 4.13. The molecule has 4 N–H and O–H groups in total. The first-order chi connectivity index (χ1) is 8.60. The number of nitrogens with zero attached hydrogens (tertiary/aromatic N) is 3. The molecule has 9 heteroatoms. The minimum atomic E-state index is -0.619. The van der Waals surface area contributed by atoms with Crippen LogP contribution in [0.4, 0.5) is 5.82 Å². The zero-order chi connectivity index (χ0) is 13.1. The molecule has 0 aliphatic heterocycles. The predicted molar refractivity (Wildman–Crippen MR) is 65.3 cm³/mol. The van der Waals surface area contributed by atoms with Crippen molar-refractivity contribution in [3.8, 4) is 0 Å². The zero-order valence-corrected chi connectivity index (χ0v) is 9.81. The molecule has 0 saturated carbocycles. The van der Waals surface area contributed by atoms with Crippen molar-refractivity contribution in [1.29, 1.82) is 0 Å². The van der Waals surface area contributed by atoms with E-state index < -0.39 is 11.2 Å². The van der Waals surface area contributed by atoms with Gasteiger partial charge in [-0.2, -0.15) is 0 Å². The van der Waals surface area contributed by atoms with E-state index in [0.717, 1.165) is 0 Å². The second-order valence-electron chi connectivity index (χ2n) is 3.40. The molecule has 2 aromatic heterocycles. The van der Waals surface area contributed by atoms with Gasteiger partial charge in [-0.25, -0.2) is 15.6 Å². The molecule has 94 valence electrons. The third kappa shape index (κ3) is 2.55. The van der Waals surface area contributed by atoms with Crippen LogP contribution in [0.5, 0.6) is 0 Å². The number of hydrogen-bond acceptors (Lipinski definition) is 6. The van der Waals surface area contributed by atoms with E-state index in [1.807, 2.05) is 0 Å². The minimum Gasteiger partial charge on any atom is -0.307 e. The number of nitrogens with two attached hydrogens (primary N) is 1. The fraction of sp³-hybridized carbons (Fsp3) is 0.111. The maximum atomic E-state index is 11.5. The number of anilines is 1. The molecule has 0 amide bonds. The van der Waals surface area contributed by atoms with Gasteiger partial charge in [-0.3, -0.25) is 19.3 Å². The largest absolute Gasteiger partial charge is 0.328 e. The van der Waals surface area contributed by atoms with Gasteiger partial charge in [0.2, 0.25) is 0 Å². The van der Waals surface area contributed by atoms with E-state index in [1.54, 1.807) is 0 Å². The molecule has 2 heterocycles. The van der Waals surface area contributed by atoms with Gasteiger partial charge in [0.1, 0.15) is 5.02 Å². The van der Waals surface area contributed by atoms with Gasteiger partial charge >= 0.3 is 5.69 Å². The molecular weight excluding hydrogens is 260 g/mol. The van der Waals surface area contributed by atoms with Crippen LogP contribution in [0.1, 0.15) is 5.69 Å². The summed E-state index contributed by atoms with van der Waals surface area (Å²) < 4.78 is 1.23. The summed E-state index contributed by atoms with van der Waals surface area (Å²) in [6, 6.07) is 0. The summed E-state index contributed by atoms with van der Waals surface area (Å²) in [6.45, 7) is 0.146. The van der Waals surface area contributed by atoms with E-state index in [9.17, 15) is 9.59 Å². The van der Waals surface area contributed by atoms with Crippen LogP contribution in [-0.4, -0.2) is 19.5 Å². The van der Waals surface area contributed by atoms with Gasteiger partial charge in [0.25, 0.3) is 5.56 Å². The number of aromatic nitrogens is 4. The summed E-state index contributed by atoms with van der Waals surface area (Å²) in [7, 11) is 0. The lowest BCUT2D eigenvalue weighted by Crippen LogP contribution is -2.30. The van der Waals surface area contributed by atoms with Gasteiger partial charge in [0, 0.05) is 6.20 Å². The summed E-state index contributed by atoms with van der Waals surface area (Å²) in [4.78, 5) is 32.6. The molecule has 0 aromatic carbocycles. The Hall–Kier alpha value is -2.19. The van der Waals surface area contributed by atoms with Crippen LogP contribution in [-0.2, 0) is 6.54 Å². The Labute approximate surface area is 105 Å². The highest BCUT2D eigenvalue weighted by Gasteiger charge is 2.04. The van der Waals surface area contributed by atoms with E-state index in [1.165, 1.54) is 23.2 Å². The third-order valence-electron chi connectivity index (χ3n) is 2.15. The van der Waals surface area contributed by atoms with Gasteiger partial charge < -0.3 is 5.43 Å². The molecule has 0 atom stereocenters. The number of aromatic amines is 1. The van der Waals surface area contributed by atoms with Crippen LogP contribution in [0.15, 0.2) is 28.2 Å². The number of rotatable bonds is 3. The van der Waals surface area contributed by atoms with Crippen molar-refractivity contribution in [2.75, 3.05) is 5.43 Å². The van der Waals surface area contributed by atoms with Crippen molar-refractivity contribution in [2.24, 2.45) is 5.84 Å². The molecule has 8 nitrogen and oxygen atoms in total. The summed E-state index contributed by atoms with van der Waals surface area (Å²) in [5.41, 5.74) is 1.68. The van der Waals surface area contributed by atoms with Gasteiger partial charge in [-0.05, 0) is 0 Å². The Morgan fingerprint density at radius 2 is 2.17 bits per heavy atom. The highest BCUT2D eigenvalue weighted by Crippen LogP contribution is 2.02. The van der Waals surface area contributed by atoms with Crippen molar-refractivity contribution in [1.82, 2.24) is 19.5 Å². The normalized spacial score (nSPS) is 10.3. The van der Waals surface area contributed by atoms with Crippen LogP contribution in [0.2, 0.25) is 5.02 Å². The van der Waals surface area contributed by atoms with Crippen molar-refractivity contribution in [3.63, 3.8) is 0 Å². The van der Waals surface area contributed by atoms with Crippen LogP contribution in [0, 0.1) is 0 Å². The first-order valence-electron chi connectivity index (χ1n) is 4.87. The molecular formula is C9H9ClN6O2. The van der Waals surface area contributed by atoms with Crippen LogP contribution in [0.3, 0.4) is 0 Å². The fourth-order valence-electron chi connectivity index (χ4n) is 1.29. The molecule has 2 aromatic rings. The number of hydrogen-bond donors (Lipinski definition) is 3. The Kier molecular flexibility index (Phi) is 3.40. The van der Waals surface area contributed by atoms with Crippen LogP contribution in [0.25, 0.3) is 0 Å². The average molecular weight is 269 g/mol. The molecule has 2 rings (SSSR count). The standard InChI is InChI=1S/C9H9ClN6O2/c10-6-4-16(9(18)14-8(6)17)3-5-1-13-7(15-11)2-12-5/h1-2,4H,3,11H2,(H,13,15)(H,14,17,18). The van der Waals surface area contributed by atoms with Crippen molar-refractivity contribution in [2.45, 2.75) is 6.54 Å². The molecule has 0 aliphatic carbocycles. The van der Waals surface area contributed by atoms with Gasteiger partial charge in [-0.15, -0.1) is 0 Å². The lowest BCUT2D eigenvalue weighted by molar-refractivity contribution is 0.702. The Balaban J connectivity index is 2.31. The zero-order valence-electron chi connectivity index (χ0n) is 9.05. The number of nitrogen functional groups attached to an aromatic ring is 1. The van der Waals surface area contributed by atoms with Crippen molar-refractivity contribution < 1.29 is 0 Å². The first-order valence-corrected chi connectivity index (χ1v) is 5.25. The van der Waals surface area contributed by atoms with E-state index in [-0.39, 0.29) is 11.6 Å². The molecule has 0 unspecified atom stereocenters. The Bertz CT molecular complexity index is 662. The number of H-pyrrole nitrogens is 1.